The van der Waals surface area contributed by atoms with E-state index in [0.29, 0.717) is 10.4 Å². The van der Waals surface area contributed by atoms with Crippen LogP contribution < -0.4 is 5.32 Å². The van der Waals surface area contributed by atoms with Gasteiger partial charge in [0.15, 0.2) is 9.84 Å². The SMILES string of the molecule is COC1CNC(c2nc3cc(S(C)(=O)=O)ccc3n2C)C1. The molecular formula is C14H19N3O3S. The van der Waals surface area contributed by atoms with E-state index >= 15 is 0 Å². The summed E-state index contributed by atoms with van der Waals surface area (Å²) in [5, 5.41) is 3.39. The molecule has 1 fully saturated rings. The number of benzene rings is 1. The fourth-order valence-corrected chi connectivity index (χ4v) is 3.46. The van der Waals surface area contributed by atoms with Gasteiger partial charge in [-0.3, -0.25) is 0 Å². The number of sulfone groups is 1. The van der Waals surface area contributed by atoms with Crippen LogP contribution in [0.5, 0.6) is 0 Å². The van der Waals surface area contributed by atoms with Crippen molar-refractivity contribution in [1.29, 1.82) is 0 Å². The number of aryl methyl sites for hydroxylation is 1. The minimum Gasteiger partial charge on any atom is -0.380 e. The van der Waals surface area contributed by atoms with Crippen LogP contribution in [0.3, 0.4) is 0 Å². The lowest BCUT2D eigenvalue weighted by Gasteiger charge is -2.10. The second-order valence-corrected chi connectivity index (χ2v) is 7.52. The summed E-state index contributed by atoms with van der Waals surface area (Å²) < 4.78 is 30.7. The maximum atomic E-state index is 11.6. The number of rotatable bonds is 3. The normalized spacial score (nSPS) is 23.0. The maximum Gasteiger partial charge on any atom is 0.175 e. The summed E-state index contributed by atoms with van der Waals surface area (Å²) >= 11 is 0. The first kappa shape index (κ1) is 14.5. The molecule has 6 nitrogen and oxygen atoms in total. The molecule has 1 aliphatic heterocycles. The van der Waals surface area contributed by atoms with Gasteiger partial charge in [0.05, 0.1) is 28.1 Å². The van der Waals surface area contributed by atoms with E-state index in [9.17, 15) is 8.42 Å². The molecule has 2 atom stereocenters. The third kappa shape index (κ3) is 2.56. The van der Waals surface area contributed by atoms with Gasteiger partial charge in [-0.15, -0.1) is 0 Å². The van der Waals surface area contributed by atoms with Gasteiger partial charge in [-0.05, 0) is 24.6 Å². The second-order valence-electron chi connectivity index (χ2n) is 5.51. The lowest BCUT2D eigenvalue weighted by Crippen LogP contribution is -2.18. The van der Waals surface area contributed by atoms with E-state index in [-0.39, 0.29) is 12.1 Å². The third-order valence-electron chi connectivity index (χ3n) is 4.05. The van der Waals surface area contributed by atoms with Crippen LogP contribution in [0, 0.1) is 0 Å². The molecule has 0 saturated carbocycles. The zero-order chi connectivity index (χ0) is 15.2. The Morgan fingerprint density at radius 2 is 2.19 bits per heavy atom. The summed E-state index contributed by atoms with van der Waals surface area (Å²) in [5.41, 5.74) is 1.64. The summed E-state index contributed by atoms with van der Waals surface area (Å²) in [7, 11) is 0.447. The summed E-state index contributed by atoms with van der Waals surface area (Å²) in [6, 6.07) is 5.21. The number of hydrogen-bond donors (Lipinski definition) is 1. The Kier molecular flexibility index (Phi) is 3.51. The number of ether oxygens (including phenoxy) is 1. The highest BCUT2D eigenvalue weighted by atomic mass is 32.2. The zero-order valence-corrected chi connectivity index (χ0v) is 13.1. The van der Waals surface area contributed by atoms with Crippen molar-refractivity contribution in [1.82, 2.24) is 14.9 Å². The van der Waals surface area contributed by atoms with E-state index in [1.54, 1.807) is 19.2 Å². The largest absolute Gasteiger partial charge is 0.380 e. The van der Waals surface area contributed by atoms with Crippen LogP contribution in [0.2, 0.25) is 0 Å². The summed E-state index contributed by atoms with van der Waals surface area (Å²) in [6.07, 6.45) is 2.27. The van der Waals surface area contributed by atoms with Gasteiger partial charge in [-0.25, -0.2) is 13.4 Å². The third-order valence-corrected chi connectivity index (χ3v) is 5.16. The average Bonchev–Trinajstić information content (AvgIpc) is 3.02. The highest BCUT2D eigenvalue weighted by Crippen LogP contribution is 2.27. The molecule has 7 heteroatoms. The van der Waals surface area contributed by atoms with Crippen molar-refractivity contribution in [3.05, 3.63) is 24.0 Å². The number of nitrogens with one attached hydrogen (secondary N) is 1. The van der Waals surface area contributed by atoms with Crippen molar-refractivity contribution in [3.63, 3.8) is 0 Å². The van der Waals surface area contributed by atoms with E-state index in [4.69, 9.17) is 4.74 Å². The monoisotopic (exact) mass is 309 g/mol. The van der Waals surface area contributed by atoms with Crippen molar-refractivity contribution in [3.8, 4) is 0 Å². The summed E-state index contributed by atoms with van der Waals surface area (Å²) in [5.74, 6) is 0.912. The Hall–Kier alpha value is -1.44. The Labute approximate surface area is 124 Å². The van der Waals surface area contributed by atoms with Gasteiger partial charge in [0.25, 0.3) is 0 Å². The predicted molar refractivity (Wildman–Crippen MR) is 80.0 cm³/mol. The number of hydrogen-bond acceptors (Lipinski definition) is 5. The first-order valence-electron chi connectivity index (χ1n) is 6.82. The van der Waals surface area contributed by atoms with Gasteiger partial charge >= 0.3 is 0 Å². The molecule has 1 aromatic heterocycles. The fourth-order valence-electron chi connectivity index (χ4n) is 2.82. The quantitative estimate of drug-likeness (QED) is 0.916. The van der Waals surface area contributed by atoms with Crippen LogP contribution in [0.1, 0.15) is 18.3 Å². The molecule has 2 heterocycles. The van der Waals surface area contributed by atoms with Crippen molar-refractivity contribution in [2.75, 3.05) is 19.9 Å². The van der Waals surface area contributed by atoms with Gasteiger partial charge < -0.3 is 14.6 Å². The number of aromatic nitrogens is 2. The van der Waals surface area contributed by atoms with E-state index in [2.05, 4.69) is 10.3 Å². The molecule has 0 spiro atoms. The Morgan fingerprint density at radius 1 is 1.43 bits per heavy atom. The second kappa shape index (κ2) is 5.08. The molecule has 1 saturated heterocycles. The van der Waals surface area contributed by atoms with Gasteiger partial charge in [-0.1, -0.05) is 0 Å². The maximum absolute atomic E-state index is 11.6. The molecule has 2 aromatic rings. The van der Waals surface area contributed by atoms with Gasteiger partial charge in [-0.2, -0.15) is 0 Å². The molecular weight excluding hydrogens is 290 g/mol. The highest BCUT2D eigenvalue weighted by Gasteiger charge is 2.28. The standard InChI is InChI=1S/C14H19N3O3S/c1-17-13-5-4-10(21(3,18)19)7-11(13)16-14(17)12-6-9(20-2)8-15-12/h4-5,7,9,12,15H,6,8H2,1-3H3. The minimum atomic E-state index is -3.21. The molecule has 0 aliphatic carbocycles. The molecule has 0 amide bonds. The zero-order valence-electron chi connectivity index (χ0n) is 12.3. The Morgan fingerprint density at radius 3 is 2.81 bits per heavy atom. The van der Waals surface area contributed by atoms with Crippen LogP contribution in [0.4, 0.5) is 0 Å². The van der Waals surface area contributed by atoms with Crippen LogP contribution in [0.25, 0.3) is 11.0 Å². The van der Waals surface area contributed by atoms with Crippen LogP contribution >= 0.6 is 0 Å². The molecule has 114 valence electrons. The number of methoxy groups -OCH3 is 1. The van der Waals surface area contributed by atoms with Crippen molar-refractivity contribution in [2.45, 2.75) is 23.5 Å². The number of imidazole rings is 1. The van der Waals surface area contributed by atoms with E-state index < -0.39 is 9.84 Å². The fraction of sp³-hybridized carbons (Fsp3) is 0.500. The van der Waals surface area contributed by atoms with Crippen LogP contribution in [-0.4, -0.2) is 44.0 Å². The molecule has 1 N–H and O–H groups in total. The van der Waals surface area contributed by atoms with Gasteiger partial charge in [0, 0.05) is 27.0 Å². The predicted octanol–water partition coefficient (Wildman–Crippen LogP) is 1.03. The smallest absolute Gasteiger partial charge is 0.175 e. The average molecular weight is 309 g/mol. The van der Waals surface area contributed by atoms with Crippen LogP contribution in [-0.2, 0) is 21.6 Å². The number of nitrogens with zero attached hydrogens (tertiary/aromatic N) is 2. The lowest BCUT2D eigenvalue weighted by atomic mass is 10.2. The first-order valence-corrected chi connectivity index (χ1v) is 8.72. The van der Waals surface area contributed by atoms with E-state index in [1.165, 1.54) is 6.26 Å². The molecule has 21 heavy (non-hydrogen) atoms. The van der Waals surface area contributed by atoms with E-state index in [0.717, 1.165) is 24.3 Å². The summed E-state index contributed by atoms with van der Waals surface area (Å²) in [6.45, 7) is 0.805. The molecule has 1 aromatic carbocycles. The molecule has 1 aliphatic rings. The highest BCUT2D eigenvalue weighted by molar-refractivity contribution is 7.90. The molecule has 0 bridgehead atoms. The van der Waals surface area contributed by atoms with Crippen LogP contribution in [0.15, 0.2) is 23.1 Å². The Bertz CT molecular complexity index is 782. The molecule has 3 rings (SSSR count). The topological polar surface area (TPSA) is 73.2 Å². The lowest BCUT2D eigenvalue weighted by molar-refractivity contribution is 0.117. The minimum absolute atomic E-state index is 0.133. The summed E-state index contributed by atoms with van der Waals surface area (Å²) in [4.78, 5) is 4.92. The molecule has 2 unspecified atom stereocenters. The number of fused-ring (bicyclic) bond motifs is 1. The van der Waals surface area contributed by atoms with Crippen molar-refractivity contribution < 1.29 is 13.2 Å². The van der Waals surface area contributed by atoms with E-state index in [1.807, 2.05) is 17.7 Å². The van der Waals surface area contributed by atoms with Gasteiger partial charge in [0.2, 0.25) is 0 Å². The van der Waals surface area contributed by atoms with Crippen molar-refractivity contribution >= 4 is 20.9 Å². The Balaban J connectivity index is 2.04. The van der Waals surface area contributed by atoms with Gasteiger partial charge in [0.1, 0.15) is 5.82 Å². The first-order chi connectivity index (χ1) is 9.90. The van der Waals surface area contributed by atoms with Crippen molar-refractivity contribution in [2.24, 2.45) is 7.05 Å². The molecule has 0 radical (unpaired) electrons.